The quantitative estimate of drug-likeness (QED) is 0.667. The molecule has 3 atom stereocenters. The summed E-state index contributed by atoms with van der Waals surface area (Å²) in [5.74, 6) is -2.72. The molecule has 2 amide bonds. The minimum atomic E-state index is -1.04. The Morgan fingerprint density at radius 2 is 1.74 bits per heavy atom. The maximum Gasteiger partial charge on any atom is 0.303 e. The monoisotopic (exact) mass is 468 g/mol. The van der Waals surface area contributed by atoms with Crippen molar-refractivity contribution >= 4 is 23.5 Å². The fourth-order valence-electron chi connectivity index (χ4n) is 5.71. The van der Waals surface area contributed by atoms with Crippen LogP contribution in [0.25, 0.3) is 0 Å². The number of rotatable bonds is 6. The lowest BCUT2D eigenvalue weighted by Crippen LogP contribution is -2.53. The number of benzene rings is 2. The lowest BCUT2D eigenvalue weighted by Gasteiger charge is -2.48. The summed E-state index contributed by atoms with van der Waals surface area (Å²) in [6.45, 7) is 0. The lowest BCUT2D eigenvalue weighted by molar-refractivity contribution is -0.142. The molecule has 0 aromatic heterocycles. The van der Waals surface area contributed by atoms with Gasteiger partial charge in [0.25, 0.3) is 5.91 Å². The summed E-state index contributed by atoms with van der Waals surface area (Å²) in [5, 5.41) is 9.09. The van der Waals surface area contributed by atoms with Gasteiger partial charge in [-0.3, -0.25) is 14.4 Å². The first kappa shape index (κ1) is 22.5. The Balaban J connectivity index is 1.59. The predicted octanol–water partition coefficient (Wildman–Crippen LogP) is 4.69. The molecule has 1 N–H and O–H groups in total. The Labute approximate surface area is 196 Å². The number of anilines is 1. The van der Waals surface area contributed by atoms with Crippen molar-refractivity contribution in [2.24, 2.45) is 5.92 Å². The van der Waals surface area contributed by atoms with Crippen LogP contribution in [0.2, 0.25) is 0 Å². The van der Waals surface area contributed by atoms with Crippen molar-refractivity contribution in [3.63, 3.8) is 0 Å². The Kier molecular flexibility index (Phi) is 5.83. The first-order valence-corrected chi connectivity index (χ1v) is 11.8. The van der Waals surface area contributed by atoms with Crippen LogP contribution < -0.4 is 4.90 Å². The van der Waals surface area contributed by atoms with Crippen molar-refractivity contribution < 1.29 is 28.3 Å². The van der Waals surface area contributed by atoms with E-state index < -0.39 is 23.6 Å². The zero-order chi connectivity index (χ0) is 24.0. The molecule has 1 aliphatic heterocycles. The van der Waals surface area contributed by atoms with E-state index in [2.05, 4.69) is 0 Å². The van der Waals surface area contributed by atoms with Gasteiger partial charge >= 0.3 is 5.97 Å². The number of nitrogens with zero attached hydrogens (tertiary/aromatic N) is 2. The first-order chi connectivity index (χ1) is 16.3. The van der Waals surface area contributed by atoms with Crippen LogP contribution in [0.4, 0.5) is 14.5 Å². The van der Waals surface area contributed by atoms with Crippen LogP contribution in [0.1, 0.15) is 66.9 Å². The minimum Gasteiger partial charge on any atom is -0.481 e. The van der Waals surface area contributed by atoms with Crippen LogP contribution in [0.5, 0.6) is 0 Å². The molecule has 8 heteroatoms. The Morgan fingerprint density at radius 1 is 0.971 bits per heavy atom. The number of hydrogen-bond donors (Lipinski definition) is 1. The standard InChI is InChI=1S/C26H26F2N2O4/c27-16-4-1-3-15(13-16)26(34)30-21-6-2-5-19(21)25(20-14-17(28)7-10-22(20)30)29(18-8-9-18)23(31)11-12-24(32)33/h1,3-4,7,10,13-14,18-19,21,25H,2,5-6,8-9,11-12H2,(H,32,33)/t19-,21+,25-/m1/s1. The molecule has 2 aliphatic carbocycles. The van der Waals surface area contributed by atoms with Crippen LogP contribution in [0.15, 0.2) is 42.5 Å². The summed E-state index contributed by atoms with van der Waals surface area (Å²) < 4.78 is 28.4. The molecule has 6 nitrogen and oxygen atoms in total. The third-order valence-electron chi connectivity index (χ3n) is 7.21. The van der Waals surface area contributed by atoms with Crippen molar-refractivity contribution in [3.8, 4) is 0 Å². The summed E-state index contributed by atoms with van der Waals surface area (Å²) in [6.07, 6.45) is 3.59. The Bertz CT molecular complexity index is 1150. The fraction of sp³-hybridized carbons (Fsp3) is 0.423. The lowest BCUT2D eigenvalue weighted by atomic mass is 9.81. The maximum atomic E-state index is 14.5. The van der Waals surface area contributed by atoms with Gasteiger partial charge in [-0.25, -0.2) is 8.78 Å². The predicted molar refractivity (Wildman–Crippen MR) is 120 cm³/mol. The highest BCUT2D eigenvalue weighted by molar-refractivity contribution is 6.07. The number of amides is 2. The van der Waals surface area contributed by atoms with Gasteiger partial charge in [-0.1, -0.05) is 12.5 Å². The maximum absolute atomic E-state index is 14.5. The number of carbonyl (C=O) groups excluding carboxylic acids is 2. The van der Waals surface area contributed by atoms with Crippen LogP contribution >= 0.6 is 0 Å². The number of carboxylic acid groups (broad SMARTS) is 1. The van der Waals surface area contributed by atoms with E-state index in [1.54, 1.807) is 21.9 Å². The van der Waals surface area contributed by atoms with E-state index in [1.807, 2.05) is 0 Å². The molecule has 34 heavy (non-hydrogen) atoms. The average Bonchev–Trinajstić information content (AvgIpc) is 3.52. The smallest absolute Gasteiger partial charge is 0.303 e. The third kappa shape index (κ3) is 4.06. The van der Waals surface area contributed by atoms with E-state index in [4.69, 9.17) is 5.11 Å². The van der Waals surface area contributed by atoms with Gasteiger partial charge in [0.2, 0.25) is 5.91 Å². The van der Waals surface area contributed by atoms with Crippen molar-refractivity contribution in [2.75, 3.05) is 4.90 Å². The van der Waals surface area contributed by atoms with E-state index >= 15 is 0 Å². The van der Waals surface area contributed by atoms with Crippen molar-refractivity contribution in [1.29, 1.82) is 0 Å². The number of aliphatic carboxylic acids is 1. The van der Waals surface area contributed by atoms with E-state index in [9.17, 15) is 23.2 Å². The zero-order valence-corrected chi connectivity index (χ0v) is 18.6. The van der Waals surface area contributed by atoms with Gasteiger partial charge in [-0.05, 0) is 62.1 Å². The van der Waals surface area contributed by atoms with Gasteiger partial charge in [0.05, 0.1) is 12.5 Å². The number of hydrogen-bond acceptors (Lipinski definition) is 3. The molecule has 2 aromatic carbocycles. The molecule has 5 rings (SSSR count). The molecule has 2 saturated carbocycles. The van der Waals surface area contributed by atoms with Crippen molar-refractivity contribution in [1.82, 2.24) is 4.90 Å². The van der Waals surface area contributed by atoms with E-state index in [0.29, 0.717) is 11.3 Å². The van der Waals surface area contributed by atoms with Crippen molar-refractivity contribution in [2.45, 2.75) is 63.1 Å². The molecule has 178 valence electrons. The number of fused-ring (bicyclic) bond motifs is 2. The summed E-state index contributed by atoms with van der Waals surface area (Å²) >= 11 is 0. The molecule has 2 aromatic rings. The normalized spacial score (nSPS) is 23.2. The first-order valence-electron chi connectivity index (χ1n) is 11.8. The van der Waals surface area contributed by atoms with Gasteiger partial charge in [0.15, 0.2) is 0 Å². The molecule has 0 saturated heterocycles. The van der Waals surface area contributed by atoms with Crippen LogP contribution in [-0.4, -0.2) is 39.9 Å². The zero-order valence-electron chi connectivity index (χ0n) is 18.6. The average molecular weight is 469 g/mol. The van der Waals surface area contributed by atoms with Gasteiger partial charge in [-0.2, -0.15) is 0 Å². The van der Waals surface area contributed by atoms with Crippen LogP contribution in [-0.2, 0) is 9.59 Å². The van der Waals surface area contributed by atoms with E-state index in [1.165, 1.54) is 30.3 Å². The Morgan fingerprint density at radius 3 is 2.44 bits per heavy atom. The molecular weight excluding hydrogens is 442 g/mol. The molecule has 3 aliphatic rings. The topological polar surface area (TPSA) is 77.9 Å². The van der Waals surface area contributed by atoms with E-state index in [0.717, 1.165) is 32.1 Å². The fourth-order valence-corrected chi connectivity index (χ4v) is 5.71. The second kappa shape index (κ2) is 8.81. The Hall–Kier alpha value is -3.29. The molecule has 0 spiro atoms. The highest BCUT2D eigenvalue weighted by Crippen LogP contribution is 2.53. The van der Waals surface area contributed by atoms with Gasteiger partial charge in [0.1, 0.15) is 11.6 Å². The summed E-state index contributed by atoms with van der Waals surface area (Å²) in [6, 6.07) is 9.14. The summed E-state index contributed by atoms with van der Waals surface area (Å²) in [7, 11) is 0. The highest BCUT2D eigenvalue weighted by Gasteiger charge is 2.51. The van der Waals surface area contributed by atoms with Gasteiger partial charge in [-0.15, -0.1) is 0 Å². The highest BCUT2D eigenvalue weighted by atomic mass is 19.1. The van der Waals surface area contributed by atoms with Crippen molar-refractivity contribution in [3.05, 3.63) is 65.2 Å². The molecule has 0 radical (unpaired) electrons. The molecule has 0 unspecified atom stereocenters. The van der Waals surface area contributed by atoms with E-state index in [-0.39, 0.29) is 48.2 Å². The largest absolute Gasteiger partial charge is 0.481 e. The second-order valence-corrected chi connectivity index (χ2v) is 9.42. The third-order valence-corrected chi connectivity index (χ3v) is 7.21. The minimum absolute atomic E-state index is 0.00543. The van der Waals surface area contributed by atoms with Crippen LogP contribution in [0.3, 0.4) is 0 Å². The van der Waals surface area contributed by atoms with Gasteiger partial charge < -0.3 is 14.9 Å². The SMILES string of the molecule is O=C(O)CCC(=O)N(C1CC1)[C@H]1c2cc(F)ccc2N(C(=O)c2cccc(F)c2)[C@H]2CCC[C@H]21. The number of carboxylic acids is 1. The summed E-state index contributed by atoms with van der Waals surface area (Å²) in [5.41, 5.74) is 1.31. The molecular formula is C26H26F2N2O4. The number of carbonyl (C=O) groups is 3. The van der Waals surface area contributed by atoms with Crippen LogP contribution in [0, 0.1) is 17.6 Å². The number of halogens is 2. The second-order valence-electron chi connectivity index (χ2n) is 9.42. The van der Waals surface area contributed by atoms with Gasteiger partial charge in [0, 0.05) is 41.2 Å². The molecule has 0 bridgehead atoms. The molecule has 2 fully saturated rings. The summed E-state index contributed by atoms with van der Waals surface area (Å²) in [4.78, 5) is 41.4. The molecule has 1 heterocycles.